The van der Waals surface area contributed by atoms with Crippen molar-refractivity contribution in [2.45, 2.75) is 25.9 Å². The molecule has 6 heteroatoms. The molecule has 0 aliphatic carbocycles. The molecule has 1 unspecified atom stereocenters. The SMILES string of the molecule is CC(Cc1cccs1)NCc1ccc(Cl)c([N+](=O)[O-])c1. The summed E-state index contributed by atoms with van der Waals surface area (Å²) in [6.07, 6.45) is 0.952. The van der Waals surface area contributed by atoms with Gasteiger partial charge in [-0.25, -0.2) is 0 Å². The molecule has 20 heavy (non-hydrogen) atoms. The summed E-state index contributed by atoms with van der Waals surface area (Å²) in [4.78, 5) is 11.7. The Balaban J connectivity index is 1.93. The first-order chi connectivity index (χ1) is 9.56. The fourth-order valence-electron chi connectivity index (χ4n) is 1.90. The summed E-state index contributed by atoms with van der Waals surface area (Å²) in [7, 11) is 0. The van der Waals surface area contributed by atoms with Crippen LogP contribution < -0.4 is 5.32 Å². The van der Waals surface area contributed by atoms with E-state index in [9.17, 15) is 10.1 Å². The van der Waals surface area contributed by atoms with Crippen molar-refractivity contribution in [2.24, 2.45) is 0 Å². The first-order valence-electron chi connectivity index (χ1n) is 6.25. The van der Waals surface area contributed by atoms with Crippen molar-refractivity contribution < 1.29 is 4.92 Å². The van der Waals surface area contributed by atoms with Crippen LogP contribution in [0.5, 0.6) is 0 Å². The van der Waals surface area contributed by atoms with Crippen LogP contribution in [0, 0.1) is 10.1 Å². The molecular weight excluding hydrogens is 296 g/mol. The zero-order valence-electron chi connectivity index (χ0n) is 11.0. The van der Waals surface area contributed by atoms with Crippen molar-refractivity contribution in [1.82, 2.24) is 5.32 Å². The molecule has 1 atom stereocenters. The Morgan fingerprint density at radius 2 is 2.25 bits per heavy atom. The Kier molecular flexibility index (Phi) is 5.11. The van der Waals surface area contributed by atoms with Gasteiger partial charge in [0.05, 0.1) is 4.92 Å². The molecule has 0 aliphatic rings. The molecule has 0 amide bonds. The summed E-state index contributed by atoms with van der Waals surface area (Å²) in [5.74, 6) is 0. The lowest BCUT2D eigenvalue weighted by atomic mass is 10.1. The van der Waals surface area contributed by atoms with Gasteiger partial charge in [0.2, 0.25) is 0 Å². The summed E-state index contributed by atoms with van der Waals surface area (Å²) in [6, 6.07) is 9.35. The number of nitro groups is 1. The summed E-state index contributed by atoms with van der Waals surface area (Å²) < 4.78 is 0. The van der Waals surface area contributed by atoms with E-state index in [-0.39, 0.29) is 10.7 Å². The fourth-order valence-corrected chi connectivity index (χ4v) is 2.92. The van der Waals surface area contributed by atoms with Crippen molar-refractivity contribution in [3.8, 4) is 0 Å². The molecule has 0 spiro atoms. The van der Waals surface area contributed by atoms with E-state index in [1.807, 2.05) is 6.07 Å². The molecule has 0 bridgehead atoms. The minimum absolute atomic E-state index is 0.0446. The molecule has 0 radical (unpaired) electrons. The molecule has 2 rings (SSSR count). The van der Waals surface area contributed by atoms with E-state index in [0.717, 1.165) is 12.0 Å². The summed E-state index contributed by atoms with van der Waals surface area (Å²) in [5, 5.41) is 16.4. The molecule has 4 nitrogen and oxygen atoms in total. The van der Waals surface area contributed by atoms with Gasteiger partial charge in [-0.15, -0.1) is 11.3 Å². The zero-order valence-corrected chi connectivity index (χ0v) is 12.6. The first-order valence-corrected chi connectivity index (χ1v) is 7.50. The molecule has 0 saturated heterocycles. The highest BCUT2D eigenvalue weighted by atomic mass is 35.5. The normalized spacial score (nSPS) is 12.3. The van der Waals surface area contributed by atoms with Crippen molar-refractivity contribution in [1.29, 1.82) is 0 Å². The zero-order chi connectivity index (χ0) is 14.5. The Hall–Kier alpha value is -1.43. The van der Waals surface area contributed by atoms with Gasteiger partial charge in [0.1, 0.15) is 5.02 Å². The van der Waals surface area contributed by atoms with Crippen LogP contribution in [-0.2, 0) is 13.0 Å². The van der Waals surface area contributed by atoms with Gasteiger partial charge in [-0.3, -0.25) is 10.1 Å². The maximum atomic E-state index is 10.8. The fraction of sp³-hybridized carbons (Fsp3) is 0.286. The standard InChI is InChI=1S/C14H15ClN2O2S/c1-10(7-12-3-2-6-20-12)16-9-11-4-5-13(15)14(8-11)17(18)19/h2-6,8,10,16H,7,9H2,1H3. The molecule has 1 aromatic carbocycles. The van der Waals surface area contributed by atoms with E-state index in [1.165, 1.54) is 10.9 Å². The lowest BCUT2D eigenvalue weighted by molar-refractivity contribution is -0.384. The third-order valence-corrected chi connectivity index (χ3v) is 4.17. The van der Waals surface area contributed by atoms with Crippen LogP contribution in [0.1, 0.15) is 17.4 Å². The van der Waals surface area contributed by atoms with E-state index in [0.29, 0.717) is 12.6 Å². The molecule has 0 saturated carbocycles. The Morgan fingerprint density at radius 1 is 1.45 bits per heavy atom. The average Bonchev–Trinajstić information content (AvgIpc) is 2.90. The predicted molar refractivity (Wildman–Crippen MR) is 82.4 cm³/mol. The second-order valence-corrected chi connectivity index (χ2v) is 6.05. The van der Waals surface area contributed by atoms with Crippen LogP contribution in [0.25, 0.3) is 0 Å². The van der Waals surface area contributed by atoms with E-state index < -0.39 is 4.92 Å². The van der Waals surface area contributed by atoms with Gasteiger partial charge in [-0.1, -0.05) is 23.7 Å². The number of benzene rings is 1. The summed E-state index contributed by atoms with van der Waals surface area (Å²) >= 11 is 7.52. The molecule has 1 aromatic heterocycles. The van der Waals surface area contributed by atoms with Gasteiger partial charge in [0.25, 0.3) is 5.69 Å². The lowest BCUT2D eigenvalue weighted by Gasteiger charge is -2.13. The predicted octanol–water partition coefficient (Wildman–Crippen LogP) is 4.03. The third-order valence-electron chi connectivity index (χ3n) is 2.95. The molecule has 1 N–H and O–H groups in total. The molecular formula is C14H15ClN2O2S. The van der Waals surface area contributed by atoms with Gasteiger partial charge in [0, 0.05) is 23.5 Å². The van der Waals surface area contributed by atoms with Crippen LogP contribution >= 0.6 is 22.9 Å². The number of halogens is 1. The Morgan fingerprint density at radius 3 is 2.90 bits per heavy atom. The largest absolute Gasteiger partial charge is 0.310 e. The van der Waals surface area contributed by atoms with Gasteiger partial charge in [0.15, 0.2) is 0 Å². The second-order valence-electron chi connectivity index (χ2n) is 4.61. The highest BCUT2D eigenvalue weighted by Gasteiger charge is 2.13. The highest BCUT2D eigenvalue weighted by Crippen LogP contribution is 2.25. The number of nitrogens with one attached hydrogen (secondary N) is 1. The summed E-state index contributed by atoms with van der Waals surface area (Å²) in [5.41, 5.74) is 0.816. The van der Waals surface area contributed by atoms with Crippen LogP contribution in [0.15, 0.2) is 35.7 Å². The smallest absolute Gasteiger partial charge is 0.288 e. The van der Waals surface area contributed by atoms with Gasteiger partial charge in [-0.2, -0.15) is 0 Å². The average molecular weight is 311 g/mol. The minimum Gasteiger partial charge on any atom is -0.310 e. The monoisotopic (exact) mass is 310 g/mol. The van der Waals surface area contributed by atoms with Gasteiger partial charge >= 0.3 is 0 Å². The van der Waals surface area contributed by atoms with Crippen LogP contribution in [0.3, 0.4) is 0 Å². The Labute approximate surface area is 126 Å². The van der Waals surface area contributed by atoms with Crippen LogP contribution in [0.4, 0.5) is 5.69 Å². The summed E-state index contributed by atoms with van der Waals surface area (Å²) in [6.45, 7) is 2.69. The number of hydrogen-bond acceptors (Lipinski definition) is 4. The third kappa shape index (κ3) is 4.03. The number of thiophene rings is 1. The first kappa shape index (κ1) is 15.0. The maximum Gasteiger partial charge on any atom is 0.288 e. The lowest BCUT2D eigenvalue weighted by Crippen LogP contribution is -2.27. The second kappa shape index (κ2) is 6.83. The quantitative estimate of drug-likeness (QED) is 0.647. The number of hydrogen-bond donors (Lipinski definition) is 1. The van der Waals surface area contributed by atoms with Crippen LogP contribution in [-0.4, -0.2) is 11.0 Å². The minimum atomic E-state index is -0.457. The van der Waals surface area contributed by atoms with Crippen LogP contribution in [0.2, 0.25) is 5.02 Å². The molecule has 2 aromatic rings. The molecule has 1 heterocycles. The van der Waals surface area contributed by atoms with E-state index in [4.69, 9.17) is 11.6 Å². The highest BCUT2D eigenvalue weighted by molar-refractivity contribution is 7.09. The van der Waals surface area contributed by atoms with E-state index in [1.54, 1.807) is 23.5 Å². The van der Waals surface area contributed by atoms with Gasteiger partial charge in [-0.05, 0) is 36.4 Å². The molecule has 0 fully saturated rings. The number of nitrogens with zero attached hydrogens (tertiary/aromatic N) is 1. The topological polar surface area (TPSA) is 55.2 Å². The van der Waals surface area contributed by atoms with Crippen molar-refractivity contribution >= 4 is 28.6 Å². The molecule has 106 valence electrons. The Bertz CT molecular complexity index is 587. The maximum absolute atomic E-state index is 10.8. The van der Waals surface area contributed by atoms with Crippen molar-refractivity contribution in [3.63, 3.8) is 0 Å². The molecule has 0 aliphatic heterocycles. The van der Waals surface area contributed by atoms with Crippen molar-refractivity contribution in [3.05, 3.63) is 61.3 Å². The number of rotatable bonds is 6. The number of nitro benzene ring substituents is 1. The van der Waals surface area contributed by atoms with E-state index in [2.05, 4.69) is 23.7 Å². The van der Waals surface area contributed by atoms with Gasteiger partial charge < -0.3 is 5.32 Å². The van der Waals surface area contributed by atoms with Crippen molar-refractivity contribution in [2.75, 3.05) is 0 Å². The van der Waals surface area contributed by atoms with E-state index >= 15 is 0 Å².